The van der Waals surface area contributed by atoms with Gasteiger partial charge in [0.25, 0.3) is 0 Å². The van der Waals surface area contributed by atoms with E-state index in [-0.39, 0.29) is 28.6 Å². The largest absolute Gasteiger partial charge is 0.659 e. The fraction of sp³-hybridized carbons (Fsp3) is 0.647. The molecule has 0 spiro atoms. The summed E-state index contributed by atoms with van der Waals surface area (Å²) in [5.74, 6) is 2.66. The van der Waals surface area contributed by atoms with E-state index in [1.165, 1.54) is 44.5 Å². The van der Waals surface area contributed by atoms with Crippen molar-refractivity contribution in [1.29, 1.82) is 0 Å². The molecule has 2 aromatic carbocycles. The molecular weight excluding hydrogens is 509 g/mol. The predicted molar refractivity (Wildman–Crippen MR) is 164 cm³/mol. The molecule has 0 saturated heterocycles. The molecule has 0 amide bonds. The first-order valence-electron chi connectivity index (χ1n) is 14.7. The molecule has 0 aromatic heterocycles. The van der Waals surface area contributed by atoms with Crippen LogP contribution >= 0.6 is 0 Å². The molecule has 0 saturated carbocycles. The summed E-state index contributed by atoms with van der Waals surface area (Å²) in [6, 6.07) is 9.26. The van der Waals surface area contributed by atoms with Crippen LogP contribution in [0.25, 0.3) is 5.32 Å². The zero-order valence-electron chi connectivity index (χ0n) is 26.3. The number of hydrogen-bond acceptors (Lipinski definition) is 2. The van der Waals surface area contributed by atoms with Crippen molar-refractivity contribution in [1.82, 2.24) is 0 Å². The van der Waals surface area contributed by atoms with Crippen LogP contribution in [-0.2, 0) is 16.5 Å². The third-order valence-electron chi connectivity index (χ3n) is 7.75. The van der Waals surface area contributed by atoms with Crippen LogP contribution in [-0.4, -0.2) is 13.1 Å². The number of benzene rings is 2. The van der Waals surface area contributed by atoms with Crippen molar-refractivity contribution >= 4 is 0 Å². The molecule has 0 bridgehead atoms. The van der Waals surface area contributed by atoms with Crippen molar-refractivity contribution < 1.29 is 16.5 Å². The standard InChI is InChI=1S/C34H56N3.Ni/c1-19(2)25-13-27(21(5)6)33(28(14-25)22(7)8)31(35)17-37-18-32(36)34-29(23(9)10)15-26(20(3)4)16-30(34)24(11)12;/h13-16,19-24,31-32H,17-18,35-36H2,1-12H3;/q-1;. The molecule has 3 nitrogen and oxygen atoms in total. The topological polar surface area (TPSA) is 66.1 Å². The van der Waals surface area contributed by atoms with E-state index >= 15 is 0 Å². The molecule has 0 fully saturated rings. The van der Waals surface area contributed by atoms with E-state index in [1.807, 2.05) is 0 Å². The van der Waals surface area contributed by atoms with Crippen molar-refractivity contribution in [3.8, 4) is 0 Å². The van der Waals surface area contributed by atoms with Gasteiger partial charge >= 0.3 is 0 Å². The minimum atomic E-state index is -0.124. The minimum absolute atomic E-state index is 0. The Morgan fingerprint density at radius 3 is 0.895 bits per heavy atom. The summed E-state index contributed by atoms with van der Waals surface area (Å²) in [4.78, 5) is 0. The SMILES string of the molecule is CC(C)c1cc(C(C)C)c(C(N)C[N-]CC(N)c2c(C(C)C)cc(C(C)C)cc2C(C)C)c(C(C)C)c1.[Ni]. The van der Waals surface area contributed by atoms with Crippen LogP contribution in [0.3, 0.4) is 0 Å². The van der Waals surface area contributed by atoms with Gasteiger partial charge in [0.2, 0.25) is 0 Å². The summed E-state index contributed by atoms with van der Waals surface area (Å²) in [5.41, 5.74) is 24.7. The van der Waals surface area contributed by atoms with Gasteiger partial charge in [-0.3, -0.25) is 0 Å². The van der Waals surface area contributed by atoms with E-state index in [1.54, 1.807) is 0 Å². The monoisotopic (exact) mass is 564 g/mol. The first kappa shape index (κ1) is 34.8. The van der Waals surface area contributed by atoms with Crippen LogP contribution in [0.1, 0.15) is 175 Å². The fourth-order valence-electron chi connectivity index (χ4n) is 5.41. The van der Waals surface area contributed by atoms with Gasteiger partial charge in [0, 0.05) is 28.6 Å². The van der Waals surface area contributed by atoms with Crippen molar-refractivity contribution in [3.63, 3.8) is 0 Å². The molecule has 0 radical (unpaired) electrons. The first-order chi connectivity index (χ1) is 17.2. The van der Waals surface area contributed by atoms with Crippen LogP contribution in [0.15, 0.2) is 24.3 Å². The Balaban J connectivity index is 0.00000722. The van der Waals surface area contributed by atoms with Crippen molar-refractivity contribution in [2.24, 2.45) is 11.5 Å². The molecule has 2 rings (SSSR count). The quantitative estimate of drug-likeness (QED) is 0.252. The van der Waals surface area contributed by atoms with E-state index in [2.05, 4.69) is 107 Å². The maximum absolute atomic E-state index is 6.90. The van der Waals surface area contributed by atoms with Crippen molar-refractivity contribution in [3.05, 3.63) is 74.1 Å². The van der Waals surface area contributed by atoms with Crippen LogP contribution in [0.2, 0.25) is 0 Å². The van der Waals surface area contributed by atoms with Crippen molar-refractivity contribution in [2.75, 3.05) is 13.1 Å². The van der Waals surface area contributed by atoms with Gasteiger partial charge in [0.1, 0.15) is 0 Å². The predicted octanol–water partition coefficient (Wildman–Crippen LogP) is 9.50. The molecule has 2 unspecified atom stereocenters. The summed E-state index contributed by atoms with van der Waals surface area (Å²) in [5, 5.41) is 4.99. The van der Waals surface area contributed by atoms with Gasteiger partial charge in [0.15, 0.2) is 0 Å². The zero-order valence-corrected chi connectivity index (χ0v) is 27.2. The molecule has 2 aromatic rings. The van der Waals surface area contributed by atoms with E-state index in [0.717, 1.165) is 0 Å². The normalized spacial score (nSPS) is 13.8. The Morgan fingerprint density at radius 2 is 0.711 bits per heavy atom. The summed E-state index contributed by atoms with van der Waals surface area (Å²) >= 11 is 0. The molecule has 4 heteroatoms. The molecule has 38 heavy (non-hydrogen) atoms. The maximum atomic E-state index is 6.90. The Labute approximate surface area is 245 Å². The van der Waals surface area contributed by atoms with Crippen molar-refractivity contribution in [2.45, 2.75) is 131 Å². The minimum Gasteiger partial charge on any atom is -0.659 e. The molecule has 0 heterocycles. The smallest absolute Gasteiger partial charge is 0.0110 e. The van der Waals surface area contributed by atoms with Crippen LogP contribution in [0.5, 0.6) is 0 Å². The second-order valence-electron chi connectivity index (χ2n) is 13.0. The van der Waals surface area contributed by atoms with E-state index in [4.69, 9.17) is 16.8 Å². The Morgan fingerprint density at radius 1 is 0.474 bits per heavy atom. The third-order valence-corrected chi connectivity index (χ3v) is 7.75. The second-order valence-corrected chi connectivity index (χ2v) is 13.0. The molecular formula is C34H56N3Ni-. The average molecular weight is 566 g/mol. The van der Waals surface area contributed by atoms with E-state index < -0.39 is 0 Å². The molecule has 0 aliphatic carbocycles. The van der Waals surface area contributed by atoms with Gasteiger partial charge in [-0.25, -0.2) is 0 Å². The molecule has 0 aliphatic heterocycles. The van der Waals surface area contributed by atoms with Gasteiger partial charge in [-0.1, -0.05) is 107 Å². The molecule has 4 N–H and O–H groups in total. The van der Waals surface area contributed by atoms with E-state index in [0.29, 0.717) is 48.6 Å². The van der Waals surface area contributed by atoms with Crippen LogP contribution < -0.4 is 11.5 Å². The zero-order chi connectivity index (χ0) is 28.2. The van der Waals surface area contributed by atoms with E-state index in [9.17, 15) is 0 Å². The van der Waals surface area contributed by atoms with Gasteiger partial charge in [0.05, 0.1) is 0 Å². The number of rotatable bonds is 12. The molecule has 0 aliphatic rings. The summed E-state index contributed by atoms with van der Waals surface area (Å²) in [7, 11) is 0. The maximum Gasteiger partial charge on any atom is 0.0110 e. The summed E-state index contributed by atoms with van der Waals surface area (Å²) in [6.45, 7) is 28.4. The van der Waals surface area contributed by atoms with Gasteiger partial charge in [-0.2, -0.15) is 0 Å². The molecule has 2 atom stereocenters. The van der Waals surface area contributed by atoms with Gasteiger partial charge in [-0.05, 0) is 80.0 Å². The van der Waals surface area contributed by atoms with Crippen LogP contribution in [0.4, 0.5) is 0 Å². The Hall–Kier alpha value is -1.19. The number of nitrogens with zero attached hydrogens (tertiary/aromatic N) is 1. The third kappa shape index (κ3) is 8.41. The Bertz CT molecular complexity index is 881. The second kappa shape index (κ2) is 15.0. The van der Waals surface area contributed by atoms with Gasteiger partial charge < -0.3 is 16.8 Å². The molecule has 218 valence electrons. The number of nitrogens with two attached hydrogens (primary N) is 2. The first-order valence-corrected chi connectivity index (χ1v) is 14.7. The summed E-state index contributed by atoms with van der Waals surface area (Å²) in [6.07, 6.45) is 0. The van der Waals surface area contributed by atoms with Gasteiger partial charge in [-0.15, -0.1) is 13.1 Å². The average Bonchev–Trinajstić information content (AvgIpc) is 2.81. The van der Waals surface area contributed by atoms with Crippen LogP contribution in [0, 0.1) is 0 Å². The number of hydrogen-bond donors (Lipinski definition) is 2. The fourth-order valence-corrected chi connectivity index (χ4v) is 5.41. The summed E-state index contributed by atoms with van der Waals surface area (Å²) < 4.78 is 0. The Kier molecular flexibility index (Phi) is 13.7.